The lowest BCUT2D eigenvalue weighted by Gasteiger charge is -2.27. The van der Waals surface area contributed by atoms with Crippen molar-refractivity contribution < 1.29 is 4.74 Å². The lowest BCUT2D eigenvalue weighted by Crippen LogP contribution is -2.44. The summed E-state index contributed by atoms with van der Waals surface area (Å²) in [4.78, 5) is 2.51. The molecule has 0 atom stereocenters. The van der Waals surface area contributed by atoms with Crippen molar-refractivity contribution in [3.8, 4) is 5.75 Å². The zero-order valence-corrected chi connectivity index (χ0v) is 10.8. The van der Waals surface area contributed by atoms with Crippen LogP contribution in [0.2, 0.25) is 0 Å². The molecule has 0 bridgehead atoms. The molecule has 0 radical (unpaired) electrons. The molecule has 0 aliphatic carbocycles. The summed E-state index contributed by atoms with van der Waals surface area (Å²) in [5.74, 6) is 1.03. The number of hydrogen-bond donors (Lipinski definition) is 1. The summed E-state index contributed by atoms with van der Waals surface area (Å²) in [5, 5.41) is 3.38. The van der Waals surface area contributed by atoms with E-state index in [2.05, 4.69) is 35.3 Å². The number of ether oxygens (including phenoxy) is 1. The van der Waals surface area contributed by atoms with Crippen LogP contribution >= 0.6 is 0 Å². The number of aryl methyl sites for hydroxylation is 1. The molecule has 17 heavy (non-hydrogen) atoms. The van der Waals surface area contributed by atoms with Gasteiger partial charge in [-0.1, -0.05) is 12.1 Å². The van der Waals surface area contributed by atoms with E-state index < -0.39 is 0 Å². The molecule has 0 saturated carbocycles. The molecule has 1 saturated heterocycles. The molecule has 1 aromatic rings. The van der Waals surface area contributed by atoms with E-state index in [0.717, 1.165) is 44.9 Å². The van der Waals surface area contributed by atoms with Gasteiger partial charge < -0.3 is 15.0 Å². The summed E-state index contributed by atoms with van der Waals surface area (Å²) < 4.78 is 5.44. The highest BCUT2D eigenvalue weighted by Gasteiger charge is 2.10. The number of benzene rings is 1. The molecule has 3 heteroatoms. The van der Waals surface area contributed by atoms with Crippen LogP contribution in [-0.2, 0) is 6.42 Å². The first-order valence-electron chi connectivity index (χ1n) is 6.36. The van der Waals surface area contributed by atoms with Gasteiger partial charge in [0.15, 0.2) is 0 Å². The molecule has 0 aromatic heterocycles. The van der Waals surface area contributed by atoms with E-state index >= 15 is 0 Å². The first-order chi connectivity index (χ1) is 8.29. The molecule has 0 unspecified atom stereocenters. The van der Waals surface area contributed by atoms with Crippen LogP contribution in [0.3, 0.4) is 0 Å². The zero-order valence-electron chi connectivity index (χ0n) is 10.8. The van der Waals surface area contributed by atoms with Crippen molar-refractivity contribution in [2.45, 2.75) is 13.3 Å². The summed E-state index contributed by atoms with van der Waals surface area (Å²) in [6.07, 6.45) is 1.07. The first-order valence-corrected chi connectivity index (χ1v) is 6.36. The molecule has 2 rings (SSSR count). The number of nitrogens with zero attached hydrogens (tertiary/aromatic N) is 1. The maximum atomic E-state index is 5.44. The molecule has 0 spiro atoms. The summed E-state index contributed by atoms with van der Waals surface area (Å²) in [7, 11) is 1.75. The Balaban J connectivity index is 1.93. The van der Waals surface area contributed by atoms with Gasteiger partial charge in [0.1, 0.15) is 5.75 Å². The Labute approximate surface area is 104 Å². The second-order valence-electron chi connectivity index (χ2n) is 4.66. The van der Waals surface area contributed by atoms with Crippen LogP contribution in [0.15, 0.2) is 18.2 Å². The van der Waals surface area contributed by atoms with Crippen molar-refractivity contribution >= 4 is 0 Å². The van der Waals surface area contributed by atoms with Crippen LogP contribution in [0.25, 0.3) is 0 Å². The predicted octanol–water partition coefficient (Wildman–Crippen LogP) is 1.45. The van der Waals surface area contributed by atoms with Crippen molar-refractivity contribution in [3.63, 3.8) is 0 Å². The van der Waals surface area contributed by atoms with Crippen molar-refractivity contribution in [1.29, 1.82) is 0 Å². The van der Waals surface area contributed by atoms with Crippen LogP contribution in [-0.4, -0.2) is 44.7 Å². The molecule has 94 valence electrons. The molecule has 0 amide bonds. The van der Waals surface area contributed by atoms with E-state index in [1.807, 2.05) is 0 Å². The van der Waals surface area contributed by atoms with E-state index in [1.165, 1.54) is 11.1 Å². The predicted molar refractivity (Wildman–Crippen MR) is 70.7 cm³/mol. The molecule has 1 aliphatic heterocycles. The Kier molecular flexibility index (Phi) is 4.40. The average Bonchev–Trinajstić information content (AvgIpc) is 2.38. The second kappa shape index (κ2) is 6.03. The number of nitrogens with one attached hydrogen (secondary N) is 1. The number of piperazine rings is 1. The fourth-order valence-corrected chi connectivity index (χ4v) is 2.27. The van der Waals surface area contributed by atoms with Crippen molar-refractivity contribution in [3.05, 3.63) is 29.3 Å². The molecular formula is C14H22N2O. The first kappa shape index (κ1) is 12.4. The molecule has 1 heterocycles. The molecule has 3 nitrogen and oxygen atoms in total. The van der Waals surface area contributed by atoms with Gasteiger partial charge in [0.25, 0.3) is 0 Å². The summed E-state index contributed by atoms with van der Waals surface area (Å²) in [6, 6.07) is 6.47. The van der Waals surface area contributed by atoms with Crippen LogP contribution in [0.1, 0.15) is 11.1 Å². The minimum Gasteiger partial charge on any atom is -0.496 e. The third-order valence-electron chi connectivity index (χ3n) is 3.35. The fraction of sp³-hybridized carbons (Fsp3) is 0.571. The third kappa shape index (κ3) is 3.45. The van der Waals surface area contributed by atoms with Crippen LogP contribution in [0, 0.1) is 6.92 Å². The Morgan fingerprint density at radius 3 is 2.76 bits per heavy atom. The molecule has 1 aromatic carbocycles. The zero-order chi connectivity index (χ0) is 12.1. The second-order valence-corrected chi connectivity index (χ2v) is 4.66. The summed E-state index contributed by atoms with van der Waals surface area (Å²) in [5.41, 5.74) is 2.57. The SMILES string of the molecule is COc1cc(C)ccc1CCN1CCNCC1. The van der Waals surface area contributed by atoms with Gasteiger partial charge in [-0.2, -0.15) is 0 Å². The van der Waals surface area contributed by atoms with Gasteiger partial charge >= 0.3 is 0 Å². The van der Waals surface area contributed by atoms with Gasteiger partial charge in [0.2, 0.25) is 0 Å². The average molecular weight is 234 g/mol. The highest BCUT2D eigenvalue weighted by atomic mass is 16.5. The standard InChI is InChI=1S/C14H22N2O/c1-12-3-4-13(14(11-12)17-2)5-8-16-9-6-15-7-10-16/h3-4,11,15H,5-10H2,1-2H3. The minimum atomic E-state index is 1.03. The largest absolute Gasteiger partial charge is 0.496 e. The quantitative estimate of drug-likeness (QED) is 0.853. The van der Waals surface area contributed by atoms with Gasteiger partial charge in [0.05, 0.1) is 7.11 Å². The van der Waals surface area contributed by atoms with Crippen molar-refractivity contribution in [2.24, 2.45) is 0 Å². The van der Waals surface area contributed by atoms with Crippen LogP contribution in [0.5, 0.6) is 5.75 Å². The lowest BCUT2D eigenvalue weighted by molar-refractivity contribution is 0.243. The Morgan fingerprint density at radius 1 is 1.29 bits per heavy atom. The Morgan fingerprint density at radius 2 is 2.06 bits per heavy atom. The molecule has 1 fully saturated rings. The maximum Gasteiger partial charge on any atom is 0.122 e. The number of methoxy groups -OCH3 is 1. The van der Waals surface area contributed by atoms with Gasteiger partial charge in [-0.25, -0.2) is 0 Å². The normalized spacial score (nSPS) is 17.1. The number of rotatable bonds is 4. The minimum absolute atomic E-state index is 1.03. The van der Waals surface area contributed by atoms with Crippen LogP contribution < -0.4 is 10.1 Å². The molecular weight excluding hydrogens is 212 g/mol. The molecule has 1 N–H and O–H groups in total. The van der Waals surface area contributed by atoms with Gasteiger partial charge in [0, 0.05) is 32.7 Å². The fourth-order valence-electron chi connectivity index (χ4n) is 2.27. The third-order valence-corrected chi connectivity index (χ3v) is 3.35. The van der Waals surface area contributed by atoms with E-state index in [9.17, 15) is 0 Å². The Bertz CT molecular complexity index is 359. The summed E-state index contributed by atoms with van der Waals surface area (Å²) >= 11 is 0. The molecule has 1 aliphatic rings. The van der Waals surface area contributed by atoms with E-state index in [1.54, 1.807) is 7.11 Å². The van der Waals surface area contributed by atoms with Crippen molar-refractivity contribution in [2.75, 3.05) is 39.8 Å². The maximum absolute atomic E-state index is 5.44. The van der Waals surface area contributed by atoms with Gasteiger partial charge in [-0.15, -0.1) is 0 Å². The monoisotopic (exact) mass is 234 g/mol. The smallest absolute Gasteiger partial charge is 0.122 e. The van der Waals surface area contributed by atoms with E-state index in [4.69, 9.17) is 4.74 Å². The van der Waals surface area contributed by atoms with E-state index in [-0.39, 0.29) is 0 Å². The van der Waals surface area contributed by atoms with Crippen molar-refractivity contribution in [1.82, 2.24) is 10.2 Å². The van der Waals surface area contributed by atoms with Crippen LogP contribution in [0.4, 0.5) is 0 Å². The topological polar surface area (TPSA) is 24.5 Å². The lowest BCUT2D eigenvalue weighted by atomic mass is 10.1. The van der Waals surface area contributed by atoms with E-state index in [0.29, 0.717) is 0 Å². The highest BCUT2D eigenvalue weighted by molar-refractivity contribution is 5.37. The van der Waals surface area contributed by atoms with Gasteiger partial charge in [-0.3, -0.25) is 0 Å². The van der Waals surface area contributed by atoms with Gasteiger partial charge in [-0.05, 0) is 30.5 Å². The summed E-state index contributed by atoms with van der Waals surface area (Å²) in [6.45, 7) is 7.78. The number of hydrogen-bond acceptors (Lipinski definition) is 3. The Hall–Kier alpha value is -1.06. The highest BCUT2D eigenvalue weighted by Crippen LogP contribution is 2.20.